The van der Waals surface area contributed by atoms with Crippen LogP contribution in [0.3, 0.4) is 0 Å². The molecule has 1 aliphatic rings. The van der Waals surface area contributed by atoms with Gasteiger partial charge in [-0.1, -0.05) is 30.3 Å². The van der Waals surface area contributed by atoms with Crippen LogP contribution in [0.1, 0.15) is 23.6 Å². The fraction of sp³-hybridized carbons (Fsp3) is 0.176. The second-order valence-corrected chi connectivity index (χ2v) is 5.04. The van der Waals surface area contributed by atoms with Crippen LogP contribution >= 0.6 is 0 Å². The first-order valence-electron chi connectivity index (χ1n) is 7.19. The Morgan fingerprint density at radius 3 is 2.83 bits per heavy atom. The number of hydrogen-bond acceptors (Lipinski definition) is 5. The van der Waals surface area contributed by atoms with Crippen LogP contribution in [0, 0.1) is 0 Å². The van der Waals surface area contributed by atoms with Crippen molar-refractivity contribution in [1.82, 2.24) is 0 Å². The summed E-state index contributed by atoms with van der Waals surface area (Å²) in [4.78, 5) is 0. The van der Waals surface area contributed by atoms with E-state index < -0.39 is 0 Å². The van der Waals surface area contributed by atoms with Gasteiger partial charge in [-0.25, -0.2) is 0 Å². The molecule has 2 aromatic carbocycles. The molecule has 1 N–H and O–H groups in total. The van der Waals surface area contributed by atoms with E-state index in [2.05, 4.69) is 20.4 Å². The van der Waals surface area contributed by atoms with Crippen LogP contribution in [0.25, 0.3) is 0 Å². The van der Waals surface area contributed by atoms with Crippen molar-refractivity contribution in [2.75, 3.05) is 7.11 Å². The highest BCUT2D eigenvalue weighted by Gasteiger charge is 2.19. The van der Waals surface area contributed by atoms with E-state index in [1.807, 2.05) is 30.3 Å². The summed E-state index contributed by atoms with van der Waals surface area (Å²) >= 11 is 0. The van der Waals surface area contributed by atoms with Gasteiger partial charge >= 0.3 is 0 Å². The lowest BCUT2D eigenvalue weighted by Crippen LogP contribution is -1.95. The lowest BCUT2D eigenvalue weighted by atomic mass is 10.1. The maximum atomic E-state index is 9.55. The molecule has 6 nitrogen and oxygen atoms in total. The third-order valence-electron chi connectivity index (χ3n) is 3.46. The summed E-state index contributed by atoms with van der Waals surface area (Å²) in [6, 6.07) is 15.0. The van der Waals surface area contributed by atoms with E-state index in [0.717, 1.165) is 11.1 Å². The smallest absolute Gasteiger partial charge is 0.175 e. The van der Waals surface area contributed by atoms with Crippen molar-refractivity contribution in [3.8, 4) is 11.5 Å². The van der Waals surface area contributed by atoms with Gasteiger partial charge in [0, 0.05) is 6.42 Å². The van der Waals surface area contributed by atoms with Crippen LogP contribution < -0.4 is 4.74 Å². The number of phenols is 1. The van der Waals surface area contributed by atoms with E-state index in [-0.39, 0.29) is 11.8 Å². The quantitative estimate of drug-likeness (QED) is 0.690. The number of methoxy groups -OCH3 is 1. The van der Waals surface area contributed by atoms with E-state index in [1.54, 1.807) is 24.4 Å². The van der Waals surface area contributed by atoms with Gasteiger partial charge in [-0.2, -0.15) is 10.2 Å². The Bertz CT molecular complexity index is 769. The Labute approximate surface area is 133 Å². The van der Waals surface area contributed by atoms with Gasteiger partial charge in [-0.15, -0.1) is 10.2 Å². The molecule has 116 valence electrons. The van der Waals surface area contributed by atoms with E-state index in [0.29, 0.717) is 18.0 Å². The summed E-state index contributed by atoms with van der Waals surface area (Å²) in [5.41, 5.74) is 1.90. The number of aromatic hydroxyl groups is 1. The van der Waals surface area contributed by atoms with E-state index >= 15 is 0 Å². The van der Waals surface area contributed by atoms with Crippen LogP contribution in [-0.2, 0) is 0 Å². The molecule has 3 rings (SSSR count). The SMILES string of the molecule is COc1cc(C=NN=C2CC(c3ccccc3)N=N2)ccc1O. The van der Waals surface area contributed by atoms with E-state index in [1.165, 1.54) is 7.11 Å². The standard InChI is InChI=1S/C17H16N4O2/c1-23-16-9-12(7-8-15(16)22)11-18-20-17-10-14(19-21-17)13-5-3-2-4-6-13/h2-9,11,14,22H,10H2,1H3. The van der Waals surface area contributed by atoms with E-state index in [4.69, 9.17) is 4.74 Å². The lowest BCUT2D eigenvalue weighted by Gasteiger charge is -2.03. The van der Waals surface area contributed by atoms with Crippen molar-refractivity contribution in [1.29, 1.82) is 0 Å². The number of azo groups is 1. The molecule has 1 heterocycles. The summed E-state index contributed by atoms with van der Waals surface area (Å²) < 4.78 is 5.05. The zero-order valence-corrected chi connectivity index (χ0v) is 12.6. The van der Waals surface area contributed by atoms with Crippen LogP contribution in [0.15, 0.2) is 69.0 Å². The normalized spacial score (nSPS) is 18.8. The third-order valence-corrected chi connectivity index (χ3v) is 3.46. The molecule has 1 aliphatic heterocycles. The van der Waals surface area contributed by atoms with Gasteiger partial charge in [-0.05, 0) is 29.3 Å². The minimum absolute atomic E-state index is 0.0129. The Hall–Kier alpha value is -3.02. The number of amidine groups is 1. The molecule has 1 atom stereocenters. The number of rotatable bonds is 4. The van der Waals surface area contributed by atoms with Gasteiger partial charge in [0.2, 0.25) is 0 Å². The first-order valence-corrected chi connectivity index (χ1v) is 7.19. The van der Waals surface area contributed by atoms with Crippen molar-refractivity contribution in [2.45, 2.75) is 12.5 Å². The summed E-state index contributed by atoms with van der Waals surface area (Å²) in [5, 5.41) is 26.0. The van der Waals surface area contributed by atoms with Crippen molar-refractivity contribution in [2.24, 2.45) is 20.4 Å². The molecule has 0 amide bonds. The van der Waals surface area contributed by atoms with E-state index in [9.17, 15) is 5.11 Å². The maximum absolute atomic E-state index is 9.55. The molecular formula is C17H16N4O2. The minimum Gasteiger partial charge on any atom is -0.504 e. The molecule has 0 saturated heterocycles. The average molecular weight is 308 g/mol. The zero-order valence-electron chi connectivity index (χ0n) is 12.6. The predicted molar refractivity (Wildman–Crippen MR) is 88.3 cm³/mol. The molecule has 0 saturated carbocycles. The monoisotopic (exact) mass is 308 g/mol. The number of ether oxygens (including phenoxy) is 1. The van der Waals surface area contributed by atoms with Gasteiger partial charge in [0.15, 0.2) is 17.3 Å². The fourth-order valence-electron chi connectivity index (χ4n) is 2.25. The average Bonchev–Trinajstić information content (AvgIpc) is 3.06. The Kier molecular flexibility index (Phi) is 4.42. The van der Waals surface area contributed by atoms with Gasteiger partial charge in [-0.3, -0.25) is 0 Å². The molecule has 1 unspecified atom stereocenters. The third kappa shape index (κ3) is 3.60. The van der Waals surface area contributed by atoms with Crippen LogP contribution in [-0.4, -0.2) is 24.3 Å². The summed E-state index contributed by atoms with van der Waals surface area (Å²) in [6.07, 6.45) is 2.22. The molecule has 0 radical (unpaired) electrons. The Morgan fingerprint density at radius 2 is 2.04 bits per heavy atom. The molecule has 0 fully saturated rings. The zero-order chi connectivity index (χ0) is 16.1. The van der Waals surface area contributed by atoms with Gasteiger partial charge in [0.25, 0.3) is 0 Å². The predicted octanol–water partition coefficient (Wildman–Crippen LogP) is 3.73. The number of nitrogens with zero attached hydrogens (tertiary/aromatic N) is 4. The second-order valence-electron chi connectivity index (χ2n) is 5.04. The van der Waals surface area contributed by atoms with Crippen molar-refractivity contribution in [3.05, 3.63) is 59.7 Å². The second kappa shape index (κ2) is 6.83. The van der Waals surface area contributed by atoms with Crippen molar-refractivity contribution < 1.29 is 9.84 Å². The molecule has 0 aliphatic carbocycles. The molecule has 0 aromatic heterocycles. The Morgan fingerprint density at radius 1 is 1.22 bits per heavy atom. The van der Waals surface area contributed by atoms with Gasteiger partial charge < -0.3 is 9.84 Å². The summed E-state index contributed by atoms with van der Waals surface area (Å²) in [5.74, 6) is 1.08. The highest BCUT2D eigenvalue weighted by atomic mass is 16.5. The van der Waals surface area contributed by atoms with Gasteiger partial charge in [0.05, 0.1) is 13.3 Å². The number of benzene rings is 2. The van der Waals surface area contributed by atoms with Crippen molar-refractivity contribution in [3.63, 3.8) is 0 Å². The first kappa shape index (κ1) is 14.9. The minimum atomic E-state index is 0.0129. The highest BCUT2D eigenvalue weighted by Crippen LogP contribution is 2.27. The molecule has 6 heteroatoms. The highest BCUT2D eigenvalue weighted by molar-refractivity contribution is 5.86. The maximum Gasteiger partial charge on any atom is 0.175 e. The molecular weight excluding hydrogens is 292 g/mol. The number of phenolic OH excluding ortho intramolecular Hbond substituents is 1. The topological polar surface area (TPSA) is 78.9 Å². The lowest BCUT2D eigenvalue weighted by molar-refractivity contribution is 0.373. The fourth-order valence-corrected chi connectivity index (χ4v) is 2.25. The van der Waals surface area contributed by atoms with Crippen LogP contribution in [0.2, 0.25) is 0 Å². The largest absolute Gasteiger partial charge is 0.504 e. The van der Waals surface area contributed by atoms with Crippen molar-refractivity contribution >= 4 is 12.1 Å². The summed E-state index contributed by atoms with van der Waals surface area (Å²) in [7, 11) is 1.50. The molecule has 0 bridgehead atoms. The molecule has 23 heavy (non-hydrogen) atoms. The Balaban J connectivity index is 1.66. The molecule has 2 aromatic rings. The molecule has 0 spiro atoms. The summed E-state index contributed by atoms with van der Waals surface area (Å²) in [6.45, 7) is 0. The van der Waals surface area contributed by atoms with Crippen LogP contribution in [0.4, 0.5) is 0 Å². The van der Waals surface area contributed by atoms with Crippen LogP contribution in [0.5, 0.6) is 11.5 Å². The van der Waals surface area contributed by atoms with Gasteiger partial charge in [0.1, 0.15) is 6.04 Å². The first-order chi connectivity index (χ1) is 11.3. The number of hydrogen-bond donors (Lipinski definition) is 1.